The normalized spacial score (nSPS) is 14.5. The van der Waals surface area contributed by atoms with Crippen molar-refractivity contribution < 1.29 is 13.5 Å². The van der Waals surface area contributed by atoms with Gasteiger partial charge in [0.05, 0.1) is 17.8 Å². The Morgan fingerprint density at radius 2 is 2.27 bits per heavy atom. The second-order valence-corrected chi connectivity index (χ2v) is 6.71. The number of aliphatic hydroxyl groups is 1. The third-order valence-electron chi connectivity index (χ3n) is 2.12. The van der Waals surface area contributed by atoms with Crippen LogP contribution in [0.5, 0.6) is 0 Å². The van der Waals surface area contributed by atoms with Crippen LogP contribution in [0, 0.1) is 6.92 Å². The Labute approximate surface area is 93.4 Å². The molecule has 1 unspecified atom stereocenters. The van der Waals surface area contributed by atoms with Crippen LogP contribution in [-0.4, -0.2) is 42.5 Å². The van der Waals surface area contributed by atoms with E-state index >= 15 is 0 Å². The Morgan fingerprint density at radius 1 is 1.67 bits per heavy atom. The minimum absolute atomic E-state index is 0.201. The van der Waals surface area contributed by atoms with Gasteiger partial charge < -0.3 is 5.11 Å². The zero-order chi connectivity index (χ0) is 11.6. The number of aryl methyl sites for hydroxylation is 1. The number of rotatable bonds is 4. The predicted molar refractivity (Wildman–Crippen MR) is 58.3 cm³/mol. The minimum Gasteiger partial charge on any atom is -0.395 e. The highest BCUT2D eigenvalue weighted by Gasteiger charge is 2.26. The van der Waals surface area contributed by atoms with Crippen molar-refractivity contribution in [2.45, 2.75) is 24.1 Å². The van der Waals surface area contributed by atoms with Gasteiger partial charge in [-0.05, 0) is 13.8 Å². The average Bonchev–Trinajstić information content (AvgIpc) is 2.63. The summed E-state index contributed by atoms with van der Waals surface area (Å²) in [7, 11) is -2.05. The number of nitrogens with zero attached hydrogens (tertiary/aromatic N) is 2. The average molecular weight is 250 g/mol. The first-order chi connectivity index (χ1) is 6.89. The molecule has 1 N–H and O–H groups in total. The number of hydrogen-bond donors (Lipinski definition) is 1. The molecule has 1 aromatic rings. The van der Waals surface area contributed by atoms with E-state index in [1.54, 1.807) is 13.8 Å². The number of aromatic nitrogens is 1. The molecule has 1 aromatic heterocycles. The molecule has 5 nitrogen and oxygen atoms in total. The van der Waals surface area contributed by atoms with Crippen LogP contribution in [0.2, 0.25) is 0 Å². The Kier molecular flexibility index (Phi) is 3.82. The van der Waals surface area contributed by atoms with Crippen LogP contribution in [0.3, 0.4) is 0 Å². The molecule has 86 valence electrons. The molecule has 1 heterocycles. The maximum Gasteiger partial charge on any atom is 0.254 e. The molecule has 0 aliphatic heterocycles. The maximum atomic E-state index is 11.9. The van der Waals surface area contributed by atoms with Crippen LogP contribution in [0.25, 0.3) is 0 Å². The molecule has 0 aliphatic rings. The second kappa shape index (κ2) is 4.56. The first-order valence-electron chi connectivity index (χ1n) is 4.41. The minimum atomic E-state index is -3.50. The number of thiazole rings is 1. The van der Waals surface area contributed by atoms with Crippen molar-refractivity contribution in [2.24, 2.45) is 0 Å². The molecule has 0 spiro atoms. The predicted octanol–water partition coefficient (Wildman–Crippen LogP) is 0.453. The van der Waals surface area contributed by atoms with Gasteiger partial charge >= 0.3 is 0 Å². The van der Waals surface area contributed by atoms with E-state index in [1.165, 1.54) is 13.2 Å². The molecule has 0 amide bonds. The van der Waals surface area contributed by atoms with E-state index in [2.05, 4.69) is 4.98 Å². The highest BCUT2D eigenvalue weighted by atomic mass is 32.2. The Morgan fingerprint density at radius 3 is 2.67 bits per heavy atom. The van der Waals surface area contributed by atoms with Gasteiger partial charge in [-0.25, -0.2) is 13.4 Å². The van der Waals surface area contributed by atoms with E-state index in [0.717, 1.165) is 15.6 Å². The Balaban J connectivity index is 3.03. The van der Waals surface area contributed by atoms with Crippen molar-refractivity contribution >= 4 is 21.4 Å². The molecule has 0 saturated heterocycles. The zero-order valence-corrected chi connectivity index (χ0v) is 10.5. The molecule has 0 fully saturated rings. The monoisotopic (exact) mass is 250 g/mol. The molecule has 7 heteroatoms. The fourth-order valence-corrected chi connectivity index (χ4v) is 3.60. The molecule has 1 atom stereocenters. The second-order valence-electron chi connectivity index (χ2n) is 3.25. The lowest BCUT2D eigenvalue weighted by Crippen LogP contribution is -2.36. The van der Waals surface area contributed by atoms with Gasteiger partial charge in [-0.15, -0.1) is 11.3 Å². The first-order valence-corrected chi connectivity index (χ1v) is 6.66. The summed E-state index contributed by atoms with van der Waals surface area (Å²) < 4.78 is 25.2. The van der Waals surface area contributed by atoms with Crippen LogP contribution >= 0.6 is 11.3 Å². The summed E-state index contributed by atoms with van der Waals surface area (Å²) in [5, 5.41) is 9.61. The summed E-state index contributed by atoms with van der Waals surface area (Å²) >= 11 is 1.13. The summed E-state index contributed by atoms with van der Waals surface area (Å²) in [5.74, 6) is 0. The highest BCUT2D eigenvalue weighted by Crippen LogP contribution is 2.22. The largest absolute Gasteiger partial charge is 0.395 e. The van der Waals surface area contributed by atoms with E-state index in [4.69, 9.17) is 5.11 Å². The van der Waals surface area contributed by atoms with E-state index < -0.39 is 16.1 Å². The molecule has 1 rings (SSSR count). The van der Waals surface area contributed by atoms with Crippen LogP contribution in [0.4, 0.5) is 0 Å². The van der Waals surface area contributed by atoms with Gasteiger partial charge in [-0.2, -0.15) is 4.31 Å². The van der Waals surface area contributed by atoms with Crippen molar-refractivity contribution in [3.05, 3.63) is 11.2 Å². The molecule has 0 aliphatic carbocycles. The van der Waals surface area contributed by atoms with Gasteiger partial charge in [0.1, 0.15) is 0 Å². The molecule has 0 bridgehead atoms. The van der Waals surface area contributed by atoms with E-state index in [1.807, 2.05) is 0 Å². The van der Waals surface area contributed by atoms with Crippen LogP contribution in [-0.2, 0) is 10.0 Å². The Bertz CT molecular complexity index is 427. The summed E-state index contributed by atoms with van der Waals surface area (Å²) in [6, 6.07) is -0.433. The third-order valence-corrected chi connectivity index (χ3v) is 5.44. The van der Waals surface area contributed by atoms with Gasteiger partial charge in [-0.1, -0.05) is 0 Å². The van der Waals surface area contributed by atoms with E-state index in [0.29, 0.717) is 5.01 Å². The van der Waals surface area contributed by atoms with Crippen molar-refractivity contribution in [2.75, 3.05) is 13.7 Å². The van der Waals surface area contributed by atoms with Gasteiger partial charge in [0.15, 0.2) is 4.21 Å². The summed E-state index contributed by atoms with van der Waals surface area (Å²) in [6.07, 6.45) is 1.34. The standard InChI is InChI=1S/C8H14N2O3S2/c1-6(5-11)10(3)15(12,13)8-4-9-7(2)14-8/h4,6,11H,5H2,1-3H3. The first kappa shape index (κ1) is 12.6. The highest BCUT2D eigenvalue weighted by molar-refractivity contribution is 7.91. The van der Waals surface area contributed by atoms with E-state index in [-0.39, 0.29) is 10.8 Å². The van der Waals surface area contributed by atoms with Crippen molar-refractivity contribution in [1.29, 1.82) is 0 Å². The lowest BCUT2D eigenvalue weighted by Gasteiger charge is -2.21. The molecule has 15 heavy (non-hydrogen) atoms. The van der Waals surface area contributed by atoms with Gasteiger partial charge in [-0.3, -0.25) is 0 Å². The Hall–Kier alpha value is -0.500. The summed E-state index contributed by atoms with van der Waals surface area (Å²) in [5.41, 5.74) is 0. The fraction of sp³-hybridized carbons (Fsp3) is 0.625. The number of hydrogen-bond acceptors (Lipinski definition) is 5. The van der Waals surface area contributed by atoms with Crippen molar-refractivity contribution in [3.63, 3.8) is 0 Å². The van der Waals surface area contributed by atoms with Crippen LogP contribution in [0.15, 0.2) is 10.4 Å². The van der Waals surface area contributed by atoms with Gasteiger partial charge in [0, 0.05) is 13.1 Å². The number of likely N-dealkylation sites (N-methyl/N-ethyl adjacent to an activating group) is 1. The molecular weight excluding hydrogens is 236 g/mol. The SMILES string of the molecule is Cc1ncc(S(=O)(=O)N(C)C(C)CO)s1. The van der Waals surface area contributed by atoms with Crippen LogP contribution < -0.4 is 0 Å². The van der Waals surface area contributed by atoms with Crippen LogP contribution in [0.1, 0.15) is 11.9 Å². The molecular formula is C8H14N2O3S2. The lowest BCUT2D eigenvalue weighted by molar-refractivity contribution is 0.214. The smallest absolute Gasteiger partial charge is 0.254 e. The third kappa shape index (κ3) is 2.54. The quantitative estimate of drug-likeness (QED) is 0.842. The fourth-order valence-electron chi connectivity index (χ4n) is 0.955. The zero-order valence-electron chi connectivity index (χ0n) is 8.84. The van der Waals surface area contributed by atoms with Gasteiger partial charge in [0.2, 0.25) is 0 Å². The van der Waals surface area contributed by atoms with Crippen molar-refractivity contribution in [3.8, 4) is 0 Å². The number of sulfonamides is 1. The summed E-state index contributed by atoms with van der Waals surface area (Å²) in [4.78, 5) is 3.90. The lowest BCUT2D eigenvalue weighted by atomic mass is 10.4. The molecule has 0 saturated carbocycles. The topological polar surface area (TPSA) is 70.5 Å². The molecule has 0 radical (unpaired) electrons. The maximum absolute atomic E-state index is 11.9. The molecule has 0 aromatic carbocycles. The van der Waals surface area contributed by atoms with Gasteiger partial charge in [0.25, 0.3) is 10.0 Å². The number of aliphatic hydroxyl groups excluding tert-OH is 1. The summed E-state index contributed by atoms with van der Waals surface area (Å²) in [6.45, 7) is 3.19. The van der Waals surface area contributed by atoms with Crippen molar-refractivity contribution in [1.82, 2.24) is 9.29 Å². The van der Waals surface area contributed by atoms with E-state index in [9.17, 15) is 8.42 Å².